The molecule has 2 heterocycles. The Balaban J connectivity index is 1.53. The summed E-state index contributed by atoms with van der Waals surface area (Å²) in [5, 5.41) is 0. The van der Waals surface area contributed by atoms with Crippen LogP contribution in [0, 0.1) is 0 Å². The molecule has 1 aliphatic carbocycles. The standard InChI is InChI=1S/C16H21NO4/c1-18-16-12-3-5-14(16)19-7-6-17(12)9-11-2-4-13-15(8-11)21-10-20-13/h2,4,8,12,14,16H,3,5-7,9-10H2,1H3/t12-,14-,16+/m1/s1. The second-order valence-electron chi connectivity index (χ2n) is 5.91. The lowest BCUT2D eigenvalue weighted by atomic mass is 10.1. The molecular formula is C16H21NO4. The van der Waals surface area contributed by atoms with Gasteiger partial charge in [0.2, 0.25) is 6.79 Å². The lowest BCUT2D eigenvalue weighted by molar-refractivity contribution is -0.0326. The first-order chi connectivity index (χ1) is 10.3. The van der Waals surface area contributed by atoms with Gasteiger partial charge in [-0.2, -0.15) is 0 Å². The number of ether oxygens (including phenoxy) is 4. The van der Waals surface area contributed by atoms with Crippen molar-refractivity contribution in [2.45, 2.75) is 37.6 Å². The Bertz CT molecular complexity index is 521. The second kappa shape index (κ2) is 5.48. The molecule has 0 spiro atoms. The molecule has 0 radical (unpaired) electrons. The van der Waals surface area contributed by atoms with Crippen molar-refractivity contribution in [2.24, 2.45) is 0 Å². The highest BCUT2D eigenvalue weighted by Gasteiger charge is 2.42. The van der Waals surface area contributed by atoms with Crippen molar-refractivity contribution in [2.75, 3.05) is 27.1 Å². The number of fused-ring (bicyclic) bond motifs is 3. The maximum absolute atomic E-state index is 5.93. The molecule has 5 heteroatoms. The van der Waals surface area contributed by atoms with Crippen LogP contribution in [0.4, 0.5) is 0 Å². The van der Waals surface area contributed by atoms with E-state index in [0.29, 0.717) is 12.8 Å². The summed E-state index contributed by atoms with van der Waals surface area (Å²) in [5.41, 5.74) is 1.25. The molecule has 0 N–H and O–H groups in total. The predicted molar refractivity (Wildman–Crippen MR) is 76.5 cm³/mol. The van der Waals surface area contributed by atoms with Crippen molar-refractivity contribution in [1.29, 1.82) is 0 Å². The minimum atomic E-state index is 0.196. The summed E-state index contributed by atoms with van der Waals surface area (Å²) in [6, 6.07) is 6.65. The highest BCUT2D eigenvalue weighted by molar-refractivity contribution is 5.44. The van der Waals surface area contributed by atoms with Crippen LogP contribution < -0.4 is 9.47 Å². The van der Waals surface area contributed by atoms with Crippen LogP contribution >= 0.6 is 0 Å². The van der Waals surface area contributed by atoms with E-state index in [1.54, 1.807) is 7.11 Å². The molecule has 1 saturated heterocycles. The van der Waals surface area contributed by atoms with E-state index in [-0.39, 0.29) is 12.2 Å². The van der Waals surface area contributed by atoms with E-state index in [1.807, 2.05) is 6.07 Å². The van der Waals surface area contributed by atoms with Crippen molar-refractivity contribution in [3.63, 3.8) is 0 Å². The SMILES string of the molecule is CO[C@H]1[C@H]2CC[C@H]1OCCN2Cc1ccc2c(c1)OCO2. The quantitative estimate of drug-likeness (QED) is 0.849. The molecule has 2 bridgehead atoms. The number of hydrogen-bond donors (Lipinski definition) is 0. The summed E-state index contributed by atoms with van der Waals surface area (Å²) < 4.78 is 22.5. The van der Waals surface area contributed by atoms with Crippen LogP contribution in [0.25, 0.3) is 0 Å². The predicted octanol–water partition coefficient (Wildman–Crippen LogP) is 1.79. The number of hydrogen-bond acceptors (Lipinski definition) is 5. The number of methoxy groups -OCH3 is 1. The van der Waals surface area contributed by atoms with Crippen molar-refractivity contribution in [3.8, 4) is 11.5 Å². The molecule has 3 atom stereocenters. The smallest absolute Gasteiger partial charge is 0.231 e. The third-order valence-corrected chi connectivity index (χ3v) is 4.77. The van der Waals surface area contributed by atoms with Gasteiger partial charge < -0.3 is 18.9 Å². The van der Waals surface area contributed by atoms with E-state index in [0.717, 1.165) is 44.0 Å². The summed E-state index contributed by atoms with van der Waals surface area (Å²) in [7, 11) is 1.80. The lowest BCUT2D eigenvalue weighted by Crippen LogP contribution is -2.42. The average molecular weight is 291 g/mol. The number of benzene rings is 1. The van der Waals surface area contributed by atoms with Crippen molar-refractivity contribution >= 4 is 0 Å². The van der Waals surface area contributed by atoms with Gasteiger partial charge in [-0.15, -0.1) is 0 Å². The molecule has 4 rings (SSSR count). The van der Waals surface area contributed by atoms with Gasteiger partial charge >= 0.3 is 0 Å². The summed E-state index contributed by atoms with van der Waals surface area (Å²) >= 11 is 0. The van der Waals surface area contributed by atoms with Gasteiger partial charge in [0.15, 0.2) is 11.5 Å². The van der Waals surface area contributed by atoms with E-state index in [1.165, 1.54) is 5.56 Å². The molecule has 21 heavy (non-hydrogen) atoms. The lowest BCUT2D eigenvalue weighted by Gasteiger charge is -2.30. The van der Waals surface area contributed by atoms with E-state index in [4.69, 9.17) is 18.9 Å². The molecule has 1 saturated carbocycles. The molecule has 1 aromatic carbocycles. The first-order valence-corrected chi connectivity index (χ1v) is 7.62. The Labute approximate surface area is 124 Å². The fourth-order valence-electron chi connectivity index (χ4n) is 3.75. The molecule has 0 aromatic heterocycles. The van der Waals surface area contributed by atoms with Gasteiger partial charge in [0.1, 0.15) is 0 Å². The third kappa shape index (κ3) is 2.39. The van der Waals surface area contributed by atoms with Crippen LogP contribution in [-0.4, -0.2) is 50.2 Å². The van der Waals surface area contributed by atoms with Crippen LogP contribution in [0.15, 0.2) is 18.2 Å². The van der Waals surface area contributed by atoms with Crippen molar-refractivity contribution < 1.29 is 18.9 Å². The normalized spacial score (nSPS) is 31.4. The second-order valence-corrected chi connectivity index (χ2v) is 5.91. The van der Waals surface area contributed by atoms with Gasteiger partial charge in [0, 0.05) is 26.2 Å². The van der Waals surface area contributed by atoms with Crippen molar-refractivity contribution in [3.05, 3.63) is 23.8 Å². The molecule has 114 valence electrons. The summed E-state index contributed by atoms with van der Waals surface area (Å²) in [6.45, 7) is 2.96. The molecule has 2 aliphatic heterocycles. The summed E-state index contributed by atoms with van der Waals surface area (Å²) in [6.07, 6.45) is 2.71. The fraction of sp³-hybridized carbons (Fsp3) is 0.625. The molecule has 5 nitrogen and oxygen atoms in total. The molecule has 0 unspecified atom stereocenters. The van der Waals surface area contributed by atoms with Crippen LogP contribution in [0.2, 0.25) is 0 Å². The monoisotopic (exact) mass is 291 g/mol. The Morgan fingerprint density at radius 2 is 2.14 bits per heavy atom. The van der Waals surface area contributed by atoms with E-state index in [9.17, 15) is 0 Å². The van der Waals surface area contributed by atoms with Gasteiger partial charge in [-0.3, -0.25) is 4.90 Å². The van der Waals surface area contributed by atoms with Gasteiger partial charge in [0.05, 0.1) is 18.8 Å². The van der Waals surface area contributed by atoms with Crippen LogP contribution in [0.1, 0.15) is 18.4 Å². The molecular weight excluding hydrogens is 270 g/mol. The summed E-state index contributed by atoms with van der Waals surface area (Å²) in [4.78, 5) is 2.48. The first-order valence-electron chi connectivity index (χ1n) is 7.62. The molecule has 3 aliphatic rings. The van der Waals surface area contributed by atoms with E-state index in [2.05, 4.69) is 17.0 Å². The maximum Gasteiger partial charge on any atom is 0.231 e. The van der Waals surface area contributed by atoms with E-state index >= 15 is 0 Å². The zero-order chi connectivity index (χ0) is 14.2. The highest BCUT2D eigenvalue weighted by atomic mass is 16.7. The van der Waals surface area contributed by atoms with Gasteiger partial charge in [-0.05, 0) is 30.5 Å². The minimum absolute atomic E-state index is 0.196. The Morgan fingerprint density at radius 1 is 1.24 bits per heavy atom. The Hall–Kier alpha value is -1.30. The number of rotatable bonds is 3. The van der Waals surface area contributed by atoms with Crippen LogP contribution in [0.3, 0.4) is 0 Å². The van der Waals surface area contributed by atoms with E-state index < -0.39 is 0 Å². The molecule has 0 amide bonds. The average Bonchev–Trinajstić information content (AvgIpc) is 3.06. The van der Waals surface area contributed by atoms with Gasteiger partial charge in [-0.25, -0.2) is 0 Å². The van der Waals surface area contributed by atoms with Gasteiger partial charge in [-0.1, -0.05) is 6.07 Å². The molecule has 2 fully saturated rings. The third-order valence-electron chi connectivity index (χ3n) is 4.77. The Kier molecular flexibility index (Phi) is 3.49. The molecule has 1 aromatic rings. The number of nitrogens with zero attached hydrogens (tertiary/aromatic N) is 1. The topological polar surface area (TPSA) is 40.2 Å². The zero-order valence-corrected chi connectivity index (χ0v) is 12.3. The summed E-state index contributed by atoms with van der Waals surface area (Å²) in [5.74, 6) is 1.69. The van der Waals surface area contributed by atoms with Crippen molar-refractivity contribution in [1.82, 2.24) is 4.90 Å². The first kappa shape index (κ1) is 13.4. The van der Waals surface area contributed by atoms with Crippen LogP contribution in [0.5, 0.6) is 11.5 Å². The maximum atomic E-state index is 5.93. The fourth-order valence-corrected chi connectivity index (χ4v) is 3.75. The van der Waals surface area contributed by atoms with Gasteiger partial charge in [0.25, 0.3) is 0 Å². The van der Waals surface area contributed by atoms with Crippen LogP contribution in [-0.2, 0) is 16.0 Å². The minimum Gasteiger partial charge on any atom is -0.454 e. The Morgan fingerprint density at radius 3 is 3.05 bits per heavy atom. The largest absolute Gasteiger partial charge is 0.454 e. The highest BCUT2D eigenvalue weighted by Crippen LogP contribution is 2.35. The zero-order valence-electron chi connectivity index (χ0n) is 12.3.